The molecule has 12 N–H and O–H groups in total. The van der Waals surface area contributed by atoms with Gasteiger partial charge in [0.15, 0.2) is 40.4 Å². The number of nitrogens with one attached hydrogen (secondary N) is 6. The van der Waals surface area contributed by atoms with Crippen molar-refractivity contribution in [1.29, 1.82) is 0 Å². The van der Waals surface area contributed by atoms with Crippen LogP contribution in [0.2, 0.25) is 0 Å². The molecule has 0 radical (unpaired) electrons. The highest BCUT2D eigenvalue weighted by Crippen LogP contribution is 2.42. The van der Waals surface area contributed by atoms with Gasteiger partial charge in [-0.1, -0.05) is 0 Å². The fraction of sp³-hybridized carbons (Fsp3) is 0.659. The van der Waals surface area contributed by atoms with Crippen LogP contribution < -0.4 is 50.8 Å². The number of thioether (sulfide) groups is 1. The predicted octanol–water partition coefficient (Wildman–Crippen LogP) is -0.299. The number of carbonyl (C=O) groups is 12. The topological polar surface area (TPSA) is 543 Å². The lowest BCUT2D eigenvalue weighted by molar-refractivity contribution is -0.148. The van der Waals surface area contributed by atoms with E-state index in [0.29, 0.717) is 102 Å². The quantitative estimate of drug-likeness (QED) is 0.0149. The summed E-state index contributed by atoms with van der Waals surface area (Å²) in [4.78, 5) is 152. The second-order valence-electron chi connectivity index (χ2n) is 28.6. The highest BCUT2D eigenvalue weighted by molar-refractivity contribution is 7.99. The number of carbonyl (C=O) groups excluding carboxylic acids is 11. The summed E-state index contributed by atoms with van der Waals surface area (Å²) in [5.74, 6) is -8.16. The lowest BCUT2D eigenvalue weighted by atomic mass is 10.0. The molecule has 0 aliphatic carbocycles. The van der Waals surface area contributed by atoms with Gasteiger partial charge in [0.2, 0.25) is 41.4 Å². The van der Waals surface area contributed by atoms with E-state index in [-0.39, 0.29) is 231 Å². The second kappa shape index (κ2) is 63.1. The average Bonchev–Trinajstić information content (AvgIpc) is 1.63. The maximum Gasteiger partial charge on any atom is 0.306 e. The molecule has 41 nitrogen and oxygen atoms in total. The van der Waals surface area contributed by atoms with Gasteiger partial charge in [-0.3, -0.25) is 62.4 Å². The minimum absolute atomic E-state index is 0.00640. The number of methoxy groups -OCH3 is 2. The Morgan fingerprint density at radius 3 is 1.61 bits per heavy atom. The number of thiophene rings is 1. The SMILES string of the molecule is COc1cc2c(c(F)c1OCCCOc1c(OC)cc3sc(C(=O)CCC(=O)O[C@@H](C)CNC(=O)CCCOCCOCCNC(=O)[C@@H](CSCCC(=O)NCCOCCOCCOCCOCCOCCOCCOCCOCCC(=O)N[C@H](C)CCC(=O)NC[C@H](O)[C@@H](O)[C@H](O)[C@H](O)CO)NC(=O)CN4C(=O)C=CC4=O)cc3c1F)CN(C(=O)CCC(=O)O)C2. The summed E-state index contributed by atoms with van der Waals surface area (Å²) < 4.78 is 115. The van der Waals surface area contributed by atoms with E-state index in [0.717, 1.165) is 28.4 Å². The van der Waals surface area contributed by atoms with Crippen LogP contribution in [0.3, 0.4) is 0 Å². The highest BCUT2D eigenvalue weighted by Gasteiger charge is 2.34. The third-order valence-corrected chi connectivity index (χ3v) is 20.7. The van der Waals surface area contributed by atoms with E-state index in [1.165, 1.54) is 43.0 Å². The number of esters is 1. The van der Waals surface area contributed by atoms with Gasteiger partial charge in [-0.2, -0.15) is 11.8 Å². The van der Waals surface area contributed by atoms with Crippen LogP contribution in [0.5, 0.6) is 23.0 Å². The Balaban J connectivity index is 0.801. The monoisotopic (exact) mass is 1850 g/mol. The lowest BCUT2D eigenvalue weighted by Crippen LogP contribution is -2.52. The first-order valence-corrected chi connectivity index (χ1v) is 43.7. The molecule has 0 spiro atoms. The van der Waals surface area contributed by atoms with Gasteiger partial charge in [-0.05, 0) is 44.4 Å². The molecule has 3 aromatic rings. The van der Waals surface area contributed by atoms with E-state index in [1.54, 1.807) is 19.9 Å². The van der Waals surface area contributed by atoms with E-state index >= 15 is 8.78 Å². The van der Waals surface area contributed by atoms with Crippen LogP contribution >= 0.6 is 23.1 Å². The number of hydrogen-bond acceptors (Lipinski definition) is 34. The number of carboxylic acids is 1. The zero-order valence-electron chi connectivity index (χ0n) is 72.0. The molecular weight excluding hydrogens is 1730 g/mol. The maximum atomic E-state index is 16.0. The Bertz CT molecular complexity index is 3930. The van der Waals surface area contributed by atoms with Gasteiger partial charge in [-0.25, -0.2) is 8.78 Å². The van der Waals surface area contributed by atoms with E-state index in [2.05, 4.69) is 31.9 Å². The number of Topliss-reactive ketones (excluding diaryl/α,β-unsaturated/α-hetero) is 1. The van der Waals surface area contributed by atoms with Crippen LogP contribution in [0.15, 0.2) is 30.4 Å². The molecule has 0 fully saturated rings. The molecule has 1 aromatic heterocycles. The number of aliphatic hydroxyl groups excluding tert-OH is 5. The number of hydrogen-bond donors (Lipinski definition) is 12. The van der Waals surface area contributed by atoms with Crippen molar-refractivity contribution in [1.82, 2.24) is 41.7 Å². The van der Waals surface area contributed by atoms with E-state index in [4.69, 9.17) is 81.3 Å². The number of carboxylic acid groups (broad SMARTS) is 1. The number of amides is 9. The summed E-state index contributed by atoms with van der Waals surface area (Å²) in [6, 6.07) is 2.99. The molecule has 9 amide bonds. The van der Waals surface area contributed by atoms with Gasteiger partial charge in [0, 0.05) is 136 Å². The highest BCUT2D eigenvalue weighted by atomic mass is 32.2. The Labute approximate surface area is 742 Å². The molecule has 2 aliphatic rings. The zero-order chi connectivity index (χ0) is 92.7. The lowest BCUT2D eigenvalue weighted by Gasteiger charge is -2.25. The molecule has 127 heavy (non-hydrogen) atoms. The maximum absolute atomic E-state index is 16.0. The number of ether oxygens (including phenoxy) is 15. The third-order valence-electron chi connectivity index (χ3n) is 18.6. The number of nitrogens with zero attached hydrogens (tertiary/aromatic N) is 2. The first-order chi connectivity index (χ1) is 61.1. The molecule has 2 aromatic carbocycles. The summed E-state index contributed by atoms with van der Waals surface area (Å²) in [5.41, 5.74) is 0.718. The minimum Gasteiger partial charge on any atom is -0.493 e. The van der Waals surface area contributed by atoms with Crippen molar-refractivity contribution in [2.45, 2.75) is 140 Å². The number of imide groups is 1. The second-order valence-corrected chi connectivity index (χ2v) is 30.8. The van der Waals surface area contributed by atoms with Crippen molar-refractivity contribution in [3.8, 4) is 23.0 Å². The summed E-state index contributed by atoms with van der Waals surface area (Å²) in [6.07, 6.45) is -5.54. The third kappa shape index (κ3) is 43.3. The smallest absolute Gasteiger partial charge is 0.306 e. The first-order valence-electron chi connectivity index (χ1n) is 41.7. The molecule has 3 heterocycles. The molecule has 0 unspecified atom stereocenters. The van der Waals surface area contributed by atoms with Gasteiger partial charge in [0.25, 0.3) is 11.8 Å². The van der Waals surface area contributed by atoms with E-state index in [1.807, 2.05) is 0 Å². The van der Waals surface area contributed by atoms with Gasteiger partial charge in [0.05, 0.1) is 190 Å². The van der Waals surface area contributed by atoms with Crippen molar-refractivity contribution >= 4 is 104 Å². The van der Waals surface area contributed by atoms with Gasteiger partial charge < -0.3 is 138 Å². The average molecular weight is 1850 g/mol. The Morgan fingerprint density at radius 1 is 0.520 bits per heavy atom. The number of aliphatic hydroxyl groups is 5. The van der Waals surface area contributed by atoms with Crippen LogP contribution in [0.25, 0.3) is 10.1 Å². The Kier molecular flexibility index (Phi) is 53.9. The molecule has 714 valence electrons. The number of fused-ring (bicyclic) bond motifs is 2. The Hall–Kier alpha value is -9.01. The number of rotatable bonds is 74. The standard InChI is InChI=1S/C82H122F2N8O33S2/c1-53(8-10-67(98)88-47-60(95)78(108)79(109)61(96)51-93)89-69(100)16-23-114-27-30-117-32-34-119-36-38-121-40-41-122-39-37-120-35-33-118-31-29-115-24-18-85-68(99)17-42-126-52-58(90-70(101)50-92-72(103)11-12-73(92)104)82(110)86-19-25-116-28-26-113-20-5-7-66(97)87-46-54(2)125-75(107)15-9-59(94)65-44-56-64(127-65)45-63(112-4)81(76(56)83)124-22-6-21-123-80-62(111-3)43-55-48-91(49-57(55)77(80)84)71(102)13-14-74(105)106/h11-12,43-45,53-54,58,60-61,78-79,93,95-96,108-109H,5-10,13-42,46-52H2,1-4H3,(H,85,99)(H,86,110)(H,87,97)(H,88,98)(H,89,100)(H,90,101)(H,105,106)/t53-,54+,58-,60+,61-,78-,79-/m1/s1. The Morgan fingerprint density at radius 2 is 1.04 bits per heavy atom. The fourth-order valence-electron chi connectivity index (χ4n) is 11.7. The molecule has 2 aliphatic heterocycles. The van der Waals surface area contributed by atoms with Crippen LogP contribution in [-0.4, -0.2) is 364 Å². The van der Waals surface area contributed by atoms with Crippen molar-refractivity contribution in [2.75, 3.05) is 210 Å². The van der Waals surface area contributed by atoms with Crippen molar-refractivity contribution in [2.24, 2.45) is 0 Å². The van der Waals surface area contributed by atoms with Crippen molar-refractivity contribution in [3.63, 3.8) is 0 Å². The summed E-state index contributed by atoms with van der Waals surface area (Å²) in [5, 5.41) is 72.6. The molecule has 0 saturated heterocycles. The minimum atomic E-state index is -1.80. The van der Waals surface area contributed by atoms with Crippen LogP contribution in [0, 0.1) is 11.6 Å². The molecule has 7 atom stereocenters. The summed E-state index contributed by atoms with van der Waals surface area (Å²) in [7, 11) is 2.65. The predicted molar refractivity (Wildman–Crippen MR) is 449 cm³/mol. The van der Waals surface area contributed by atoms with Gasteiger partial charge in [0.1, 0.15) is 37.0 Å². The number of benzene rings is 2. The normalized spacial score (nSPS) is 14.0. The molecule has 0 bridgehead atoms. The summed E-state index contributed by atoms with van der Waals surface area (Å²) in [6.45, 7) is 7.29. The summed E-state index contributed by atoms with van der Waals surface area (Å²) >= 11 is 2.22. The number of ketones is 1. The van der Waals surface area contributed by atoms with E-state index < -0.39 is 121 Å². The molecular formula is C82H122F2N8O33S2. The zero-order valence-corrected chi connectivity index (χ0v) is 73.6. The van der Waals surface area contributed by atoms with Crippen molar-refractivity contribution in [3.05, 3.63) is 58.0 Å². The van der Waals surface area contributed by atoms with Gasteiger partial charge in [-0.15, -0.1) is 11.3 Å². The van der Waals surface area contributed by atoms with Crippen molar-refractivity contribution < 1.29 is 168 Å². The first kappa shape index (κ1) is 109. The van der Waals surface area contributed by atoms with Crippen LogP contribution in [0.1, 0.15) is 105 Å². The van der Waals surface area contributed by atoms with Crippen LogP contribution in [0.4, 0.5) is 8.78 Å². The largest absolute Gasteiger partial charge is 0.493 e. The van der Waals surface area contributed by atoms with Crippen LogP contribution in [-0.2, 0) is 118 Å². The number of halogens is 2. The number of aliphatic carboxylic acids is 1. The fourth-order valence-corrected chi connectivity index (χ4v) is 13.7. The molecule has 5 rings (SSSR count). The van der Waals surface area contributed by atoms with E-state index in [9.17, 15) is 78.0 Å². The molecule has 45 heteroatoms. The van der Waals surface area contributed by atoms with Gasteiger partial charge >= 0.3 is 11.9 Å². The molecule has 0 saturated carbocycles.